The van der Waals surface area contributed by atoms with E-state index in [1.165, 1.54) is 0 Å². The number of ether oxygens (including phenoxy) is 1. The maximum atomic E-state index is 5.98. The molecule has 0 saturated carbocycles. The Morgan fingerprint density at radius 2 is 2.27 bits per heavy atom. The molecule has 0 radical (unpaired) electrons. The number of hydrogen-bond acceptors (Lipinski definition) is 2. The second-order valence-electron chi connectivity index (χ2n) is 3.74. The van der Waals surface area contributed by atoms with E-state index in [4.69, 9.17) is 10.5 Å². The molecule has 0 aliphatic carbocycles. The van der Waals surface area contributed by atoms with Crippen molar-refractivity contribution in [2.45, 2.75) is 26.3 Å². The van der Waals surface area contributed by atoms with Crippen LogP contribution in [0.1, 0.15) is 31.9 Å². The van der Waals surface area contributed by atoms with Crippen LogP contribution in [0.4, 0.5) is 0 Å². The molecule has 1 unspecified atom stereocenters. The predicted molar refractivity (Wildman–Crippen MR) is 64.0 cm³/mol. The van der Waals surface area contributed by atoms with Gasteiger partial charge < -0.3 is 10.5 Å². The topological polar surface area (TPSA) is 35.2 Å². The first-order valence-corrected chi connectivity index (χ1v) is 5.29. The fourth-order valence-corrected chi connectivity index (χ4v) is 1.30. The van der Waals surface area contributed by atoms with E-state index in [1.54, 1.807) is 0 Å². The summed E-state index contributed by atoms with van der Waals surface area (Å²) in [6.45, 7) is 8.62. The summed E-state index contributed by atoms with van der Waals surface area (Å²) in [5, 5.41) is 0. The first-order chi connectivity index (χ1) is 7.15. The quantitative estimate of drug-likeness (QED) is 0.750. The largest absolute Gasteiger partial charge is 0.494 e. The summed E-state index contributed by atoms with van der Waals surface area (Å²) in [5.74, 6) is 0.881. The van der Waals surface area contributed by atoms with Crippen LogP contribution in [0.15, 0.2) is 36.4 Å². The molecule has 0 fully saturated rings. The van der Waals surface area contributed by atoms with E-state index in [2.05, 4.69) is 13.5 Å². The lowest BCUT2D eigenvalue weighted by molar-refractivity contribution is 0.317. The van der Waals surface area contributed by atoms with Crippen molar-refractivity contribution in [3.05, 3.63) is 42.0 Å². The molecule has 1 aromatic carbocycles. The Balaban J connectivity index is 2.77. The van der Waals surface area contributed by atoms with Gasteiger partial charge in [-0.15, -0.1) is 0 Å². The molecule has 0 aliphatic heterocycles. The molecule has 1 atom stereocenters. The molecule has 0 heterocycles. The zero-order valence-corrected chi connectivity index (χ0v) is 9.49. The molecule has 0 bridgehead atoms. The fraction of sp³-hybridized carbons (Fsp3) is 0.385. The Morgan fingerprint density at radius 3 is 2.87 bits per heavy atom. The van der Waals surface area contributed by atoms with E-state index in [0.29, 0.717) is 0 Å². The van der Waals surface area contributed by atoms with Crippen LogP contribution in [0.5, 0.6) is 5.75 Å². The smallest absolute Gasteiger partial charge is 0.119 e. The van der Waals surface area contributed by atoms with Crippen molar-refractivity contribution in [1.82, 2.24) is 0 Å². The average molecular weight is 205 g/mol. The molecular formula is C13H19NO. The van der Waals surface area contributed by atoms with E-state index in [9.17, 15) is 0 Å². The highest BCUT2D eigenvalue weighted by Gasteiger charge is 2.06. The monoisotopic (exact) mass is 205 g/mol. The molecule has 2 nitrogen and oxygen atoms in total. The summed E-state index contributed by atoms with van der Waals surface area (Å²) >= 11 is 0. The Hall–Kier alpha value is -1.28. The van der Waals surface area contributed by atoms with Crippen molar-refractivity contribution in [1.29, 1.82) is 0 Å². The fourth-order valence-electron chi connectivity index (χ4n) is 1.30. The van der Waals surface area contributed by atoms with Gasteiger partial charge in [-0.1, -0.05) is 31.2 Å². The minimum Gasteiger partial charge on any atom is -0.494 e. The third-order valence-electron chi connectivity index (χ3n) is 2.22. The lowest BCUT2D eigenvalue weighted by Crippen LogP contribution is -2.10. The van der Waals surface area contributed by atoms with Crippen molar-refractivity contribution in [2.75, 3.05) is 6.61 Å². The zero-order chi connectivity index (χ0) is 11.3. The van der Waals surface area contributed by atoms with Crippen LogP contribution in [0.3, 0.4) is 0 Å². The van der Waals surface area contributed by atoms with Gasteiger partial charge in [-0.2, -0.15) is 0 Å². The van der Waals surface area contributed by atoms with E-state index in [1.807, 2.05) is 31.2 Å². The molecule has 0 amide bonds. The minimum atomic E-state index is -0.102. The summed E-state index contributed by atoms with van der Waals surface area (Å²) < 4.78 is 5.54. The molecule has 0 aromatic heterocycles. The highest BCUT2D eigenvalue weighted by Crippen LogP contribution is 2.21. The molecule has 2 heteroatoms. The van der Waals surface area contributed by atoms with Crippen molar-refractivity contribution in [3.8, 4) is 5.75 Å². The first-order valence-electron chi connectivity index (χ1n) is 5.29. The molecule has 0 saturated heterocycles. The van der Waals surface area contributed by atoms with E-state index >= 15 is 0 Å². The van der Waals surface area contributed by atoms with Crippen LogP contribution >= 0.6 is 0 Å². The Morgan fingerprint density at radius 1 is 1.53 bits per heavy atom. The van der Waals surface area contributed by atoms with Crippen molar-refractivity contribution in [2.24, 2.45) is 5.73 Å². The Bertz CT molecular complexity index is 333. The van der Waals surface area contributed by atoms with Gasteiger partial charge >= 0.3 is 0 Å². The average Bonchev–Trinajstić information content (AvgIpc) is 2.25. The van der Waals surface area contributed by atoms with Gasteiger partial charge in [0.1, 0.15) is 5.75 Å². The third-order valence-corrected chi connectivity index (χ3v) is 2.22. The van der Waals surface area contributed by atoms with E-state index in [-0.39, 0.29) is 6.04 Å². The van der Waals surface area contributed by atoms with E-state index < -0.39 is 0 Å². The van der Waals surface area contributed by atoms with Gasteiger partial charge in [0.25, 0.3) is 0 Å². The lowest BCUT2D eigenvalue weighted by atomic mass is 10.0. The number of nitrogens with two attached hydrogens (primary N) is 1. The summed E-state index contributed by atoms with van der Waals surface area (Å²) in [7, 11) is 0. The normalized spacial score (nSPS) is 12.2. The second kappa shape index (κ2) is 5.56. The van der Waals surface area contributed by atoms with Crippen molar-refractivity contribution < 1.29 is 4.74 Å². The third kappa shape index (κ3) is 3.40. The van der Waals surface area contributed by atoms with Crippen molar-refractivity contribution >= 4 is 0 Å². The summed E-state index contributed by atoms with van der Waals surface area (Å²) in [5.41, 5.74) is 7.99. The molecule has 1 rings (SSSR count). The standard InChI is InChI=1S/C13H19NO/c1-4-8-15-12-7-5-6-11(9-12)13(14)10(2)3/h5-7,9,13H,2,4,8,14H2,1,3H3. The molecule has 2 N–H and O–H groups in total. The van der Waals surface area contributed by atoms with Gasteiger partial charge in [0.15, 0.2) is 0 Å². The Kier molecular flexibility index (Phi) is 4.37. The molecule has 15 heavy (non-hydrogen) atoms. The predicted octanol–water partition coefficient (Wildman–Crippen LogP) is 3.05. The highest BCUT2D eigenvalue weighted by atomic mass is 16.5. The molecule has 82 valence electrons. The molecular weight excluding hydrogens is 186 g/mol. The molecule has 0 spiro atoms. The second-order valence-corrected chi connectivity index (χ2v) is 3.74. The first kappa shape index (κ1) is 11.8. The van der Waals surface area contributed by atoms with Gasteiger partial charge in [0, 0.05) is 0 Å². The summed E-state index contributed by atoms with van der Waals surface area (Å²) in [6, 6.07) is 7.79. The van der Waals surface area contributed by atoms with Gasteiger partial charge in [-0.3, -0.25) is 0 Å². The van der Waals surface area contributed by atoms with E-state index in [0.717, 1.165) is 29.9 Å². The summed E-state index contributed by atoms with van der Waals surface area (Å²) in [6.07, 6.45) is 1.01. The van der Waals surface area contributed by atoms with Gasteiger partial charge in [0.2, 0.25) is 0 Å². The van der Waals surface area contributed by atoms with Gasteiger partial charge in [0.05, 0.1) is 12.6 Å². The zero-order valence-electron chi connectivity index (χ0n) is 9.49. The number of benzene rings is 1. The van der Waals surface area contributed by atoms with Crippen LogP contribution in [-0.2, 0) is 0 Å². The molecule has 0 aliphatic rings. The Labute approximate surface area is 91.7 Å². The highest BCUT2D eigenvalue weighted by molar-refractivity contribution is 5.33. The van der Waals surface area contributed by atoms with Crippen LogP contribution in [0, 0.1) is 0 Å². The molecule has 1 aromatic rings. The maximum Gasteiger partial charge on any atom is 0.119 e. The minimum absolute atomic E-state index is 0.102. The van der Waals surface area contributed by atoms with Gasteiger partial charge in [-0.25, -0.2) is 0 Å². The van der Waals surface area contributed by atoms with Crippen LogP contribution in [0.2, 0.25) is 0 Å². The van der Waals surface area contributed by atoms with Gasteiger partial charge in [-0.05, 0) is 31.0 Å². The SMILES string of the molecule is C=C(C)C(N)c1cccc(OCCC)c1. The van der Waals surface area contributed by atoms with Crippen LogP contribution < -0.4 is 10.5 Å². The summed E-state index contributed by atoms with van der Waals surface area (Å²) in [4.78, 5) is 0. The lowest BCUT2D eigenvalue weighted by Gasteiger charge is -2.13. The maximum absolute atomic E-state index is 5.98. The van der Waals surface area contributed by atoms with Crippen LogP contribution in [0.25, 0.3) is 0 Å². The number of hydrogen-bond donors (Lipinski definition) is 1. The number of rotatable bonds is 5. The van der Waals surface area contributed by atoms with Crippen LogP contribution in [-0.4, -0.2) is 6.61 Å². The van der Waals surface area contributed by atoms with Crippen molar-refractivity contribution in [3.63, 3.8) is 0 Å².